The average Bonchev–Trinajstić information content (AvgIpc) is 2.39. The standard InChI is InChI=1S/C14H16FN3O2S/c1-7(2)16-12(19)8(3)21-14-17-11-5-4-9(15)6-10(11)13(20)18-14/h4-8H,1-3H3,(H,16,19)(H,17,18,20)/t8-/m0/s1. The molecule has 0 aliphatic rings. The van der Waals surface area contributed by atoms with Crippen LogP contribution in [0.2, 0.25) is 0 Å². The third-order valence-electron chi connectivity index (χ3n) is 2.73. The molecule has 0 unspecified atom stereocenters. The van der Waals surface area contributed by atoms with Gasteiger partial charge in [0.25, 0.3) is 5.56 Å². The maximum atomic E-state index is 13.1. The van der Waals surface area contributed by atoms with Crippen molar-refractivity contribution in [2.45, 2.75) is 37.2 Å². The first-order valence-corrected chi connectivity index (χ1v) is 7.41. The predicted molar refractivity (Wildman–Crippen MR) is 80.9 cm³/mol. The Hall–Kier alpha value is -1.89. The number of aromatic amines is 1. The van der Waals surface area contributed by atoms with Crippen LogP contribution in [-0.4, -0.2) is 27.2 Å². The van der Waals surface area contributed by atoms with E-state index in [9.17, 15) is 14.0 Å². The summed E-state index contributed by atoms with van der Waals surface area (Å²) in [4.78, 5) is 30.6. The smallest absolute Gasteiger partial charge is 0.259 e. The molecule has 21 heavy (non-hydrogen) atoms. The molecule has 112 valence electrons. The van der Waals surface area contributed by atoms with Gasteiger partial charge >= 0.3 is 0 Å². The molecule has 2 aromatic rings. The number of amides is 1. The Morgan fingerprint density at radius 1 is 1.38 bits per heavy atom. The topological polar surface area (TPSA) is 74.8 Å². The molecule has 1 aromatic carbocycles. The van der Waals surface area contributed by atoms with Crippen LogP contribution in [0.3, 0.4) is 0 Å². The molecule has 0 saturated carbocycles. The highest BCUT2D eigenvalue weighted by molar-refractivity contribution is 8.00. The van der Waals surface area contributed by atoms with Gasteiger partial charge in [-0.25, -0.2) is 9.37 Å². The van der Waals surface area contributed by atoms with Crippen molar-refractivity contribution in [3.05, 3.63) is 34.4 Å². The van der Waals surface area contributed by atoms with Gasteiger partial charge in [0.15, 0.2) is 5.16 Å². The molecule has 0 aliphatic heterocycles. The van der Waals surface area contributed by atoms with E-state index in [4.69, 9.17) is 0 Å². The van der Waals surface area contributed by atoms with Crippen molar-refractivity contribution in [1.82, 2.24) is 15.3 Å². The first-order valence-electron chi connectivity index (χ1n) is 6.53. The van der Waals surface area contributed by atoms with E-state index in [1.54, 1.807) is 6.92 Å². The van der Waals surface area contributed by atoms with Crippen LogP contribution in [0.5, 0.6) is 0 Å². The number of H-pyrrole nitrogens is 1. The minimum absolute atomic E-state index is 0.0483. The van der Waals surface area contributed by atoms with Gasteiger partial charge < -0.3 is 10.3 Å². The molecule has 1 amide bonds. The van der Waals surface area contributed by atoms with E-state index < -0.39 is 16.6 Å². The van der Waals surface area contributed by atoms with Crippen LogP contribution in [0.1, 0.15) is 20.8 Å². The Morgan fingerprint density at radius 2 is 2.10 bits per heavy atom. The zero-order chi connectivity index (χ0) is 15.6. The number of carbonyl (C=O) groups excluding carboxylic acids is 1. The van der Waals surface area contributed by atoms with Crippen LogP contribution in [0.15, 0.2) is 28.2 Å². The molecular weight excluding hydrogens is 293 g/mol. The highest BCUT2D eigenvalue weighted by Gasteiger charge is 2.17. The monoisotopic (exact) mass is 309 g/mol. The number of thioether (sulfide) groups is 1. The lowest BCUT2D eigenvalue weighted by Crippen LogP contribution is -2.36. The second-order valence-electron chi connectivity index (χ2n) is 4.96. The molecule has 0 spiro atoms. The molecule has 7 heteroatoms. The summed E-state index contributed by atoms with van der Waals surface area (Å²) < 4.78 is 13.1. The molecule has 2 rings (SSSR count). The summed E-state index contributed by atoms with van der Waals surface area (Å²) in [5.74, 6) is -0.614. The van der Waals surface area contributed by atoms with Gasteiger partial charge in [-0.2, -0.15) is 0 Å². The molecule has 1 heterocycles. The van der Waals surface area contributed by atoms with Gasteiger partial charge in [0, 0.05) is 6.04 Å². The van der Waals surface area contributed by atoms with E-state index in [1.165, 1.54) is 12.1 Å². The van der Waals surface area contributed by atoms with E-state index in [2.05, 4.69) is 15.3 Å². The fraction of sp³-hybridized carbons (Fsp3) is 0.357. The third-order valence-corrected chi connectivity index (χ3v) is 3.72. The molecule has 1 aromatic heterocycles. The number of hydrogen-bond donors (Lipinski definition) is 2. The normalized spacial score (nSPS) is 12.6. The van der Waals surface area contributed by atoms with Crippen molar-refractivity contribution >= 4 is 28.6 Å². The van der Waals surface area contributed by atoms with Gasteiger partial charge in [-0.3, -0.25) is 9.59 Å². The van der Waals surface area contributed by atoms with Crippen molar-refractivity contribution in [2.75, 3.05) is 0 Å². The number of aromatic nitrogens is 2. The lowest BCUT2D eigenvalue weighted by molar-refractivity contribution is -0.120. The molecule has 2 N–H and O–H groups in total. The maximum absolute atomic E-state index is 13.1. The Bertz CT molecular complexity index is 730. The highest BCUT2D eigenvalue weighted by Crippen LogP contribution is 2.20. The van der Waals surface area contributed by atoms with Crippen molar-refractivity contribution in [2.24, 2.45) is 0 Å². The predicted octanol–water partition coefficient (Wildman–Crippen LogP) is 2.07. The Kier molecular flexibility index (Phi) is 4.62. The maximum Gasteiger partial charge on any atom is 0.259 e. The fourth-order valence-corrected chi connectivity index (χ4v) is 2.58. The van der Waals surface area contributed by atoms with Gasteiger partial charge in [-0.15, -0.1) is 0 Å². The van der Waals surface area contributed by atoms with Gasteiger partial charge in [0.05, 0.1) is 16.2 Å². The first kappa shape index (κ1) is 15.5. The van der Waals surface area contributed by atoms with E-state index in [1.807, 2.05) is 13.8 Å². The zero-order valence-corrected chi connectivity index (χ0v) is 12.8. The minimum Gasteiger partial charge on any atom is -0.353 e. The molecule has 5 nitrogen and oxygen atoms in total. The summed E-state index contributed by atoms with van der Waals surface area (Å²) in [5, 5.41) is 2.93. The summed E-state index contributed by atoms with van der Waals surface area (Å²) in [7, 11) is 0. The van der Waals surface area contributed by atoms with Crippen LogP contribution < -0.4 is 10.9 Å². The summed E-state index contributed by atoms with van der Waals surface area (Å²) in [6, 6.07) is 3.89. The van der Waals surface area contributed by atoms with E-state index in [-0.39, 0.29) is 17.3 Å². The number of carbonyl (C=O) groups is 1. The molecule has 0 saturated heterocycles. The van der Waals surface area contributed by atoms with Gasteiger partial charge in [-0.05, 0) is 39.0 Å². The zero-order valence-electron chi connectivity index (χ0n) is 11.9. The number of halogens is 1. The summed E-state index contributed by atoms with van der Waals surface area (Å²) >= 11 is 1.15. The Labute approximate surface area is 125 Å². The lowest BCUT2D eigenvalue weighted by atomic mass is 10.2. The van der Waals surface area contributed by atoms with Crippen molar-refractivity contribution in [3.63, 3.8) is 0 Å². The van der Waals surface area contributed by atoms with Crippen molar-refractivity contribution in [3.8, 4) is 0 Å². The third kappa shape index (κ3) is 3.81. The van der Waals surface area contributed by atoms with Crippen molar-refractivity contribution < 1.29 is 9.18 Å². The number of nitrogens with one attached hydrogen (secondary N) is 2. The average molecular weight is 309 g/mol. The molecule has 0 radical (unpaired) electrons. The first-order chi connectivity index (χ1) is 9.86. The van der Waals surface area contributed by atoms with Crippen LogP contribution in [-0.2, 0) is 4.79 Å². The van der Waals surface area contributed by atoms with Gasteiger partial charge in [0.1, 0.15) is 5.82 Å². The van der Waals surface area contributed by atoms with Crippen LogP contribution in [0.25, 0.3) is 10.9 Å². The summed E-state index contributed by atoms with van der Waals surface area (Å²) in [6.07, 6.45) is 0. The van der Waals surface area contributed by atoms with Crippen LogP contribution >= 0.6 is 11.8 Å². The van der Waals surface area contributed by atoms with Gasteiger partial charge in [-0.1, -0.05) is 11.8 Å². The second-order valence-corrected chi connectivity index (χ2v) is 6.29. The largest absolute Gasteiger partial charge is 0.353 e. The number of benzene rings is 1. The summed E-state index contributed by atoms with van der Waals surface area (Å²) in [6.45, 7) is 5.48. The Morgan fingerprint density at radius 3 is 2.76 bits per heavy atom. The van der Waals surface area contributed by atoms with Gasteiger partial charge in [0.2, 0.25) is 5.91 Å². The molecule has 0 fully saturated rings. The minimum atomic E-state index is -0.486. The van der Waals surface area contributed by atoms with E-state index in [0.717, 1.165) is 17.8 Å². The molecule has 1 atom stereocenters. The Balaban J connectivity index is 2.25. The quantitative estimate of drug-likeness (QED) is 0.670. The second kappa shape index (κ2) is 6.26. The number of hydrogen-bond acceptors (Lipinski definition) is 4. The van der Waals surface area contributed by atoms with E-state index >= 15 is 0 Å². The molecule has 0 aliphatic carbocycles. The van der Waals surface area contributed by atoms with Crippen LogP contribution in [0, 0.1) is 5.82 Å². The van der Waals surface area contributed by atoms with Crippen LogP contribution in [0.4, 0.5) is 4.39 Å². The highest BCUT2D eigenvalue weighted by atomic mass is 32.2. The van der Waals surface area contributed by atoms with E-state index in [0.29, 0.717) is 10.7 Å². The molecular formula is C14H16FN3O2S. The fourth-order valence-electron chi connectivity index (χ4n) is 1.77. The number of nitrogens with zero attached hydrogens (tertiary/aromatic N) is 1. The SMILES string of the molecule is CC(C)NC(=O)[C@H](C)Sc1nc2ccc(F)cc2c(=O)[nH]1. The molecule has 0 bridgehead atoms. The summed E-state index contributed by atoms with van der Waals surface area (Å²) in [5.41, 5.74) is -0.0161. The number of fused-ring (bicyclic) bond motifs is 1. The lowest BCUT2D eigenvalue weighted by Gasteiger charge is -2.13. The number of rotatable bonds is 4. The van der Waals surface area contributed by atoms with Crippen molar-refractivity contribution in [1.29, 1.82) is 0 Å².